The van der Waals surface area contributed by atoms with Gasteiger partial charge in [0.1, 0.15) is 11.6 Å². The molecular formula is C19H18ClF2N3O2. The van der Waals surface area contributed by atoms with Gasteiger partial charge < -0.3 is 15.1 Å². The van der Waals surface area contributed by atoms with Gasteiger partial charge in [0.2, 0.25) is 11.8 Å². The lowest BCUT2D eigenvalue weighted by Crippen LogP contribution is -2.29. The molecule has 2 aromatic rings. The summed E-state index contributed by atoms with van der Waals surface area (Å²) in [7, 11) is 3.66. The van der Waals surface area contributed by atoms with Gasteiger partial charge >= 0.3 is 0 Å². The maximum atomic E-state index is 14.0. The third-order valence-electron chi connectivity index (χ3n) is 4.39. The summed E-state index contributed by atoms with van der Waals surface area (Å²) in [6.07, 6.45) is -0.0550. The van der Waals surface area contributed by atoms with Gasteiger partial charge in [-0.15, -0.1) is 0 Å². The normalized spacial score (nSPS) is 16.6. The molecule has 1 N–H and O–H groups in total. The Balaban J connectivity index is 1.78. The van der Waals surface area contributed by atoms with Crippen molar-refractivity contribution in [3.05, 3.63) is 53.1 Å². The van der Waals surface area contributed by atoms with Crippen LogP contribution in [0.15, 0.2) is 36.4 Å². The van der Waals surface area contributed by atoms with E-state index in [9.17, 15) is 18.4 Å². The quantitative estimate of drug-likeness (QED) is 0.862. The van der Waals surface area contributed by atoms with Crippen molar-refractivity contribution >= 4 is 40.5 Å². The van der Waals surface area contributed by atoms with Crippen LogP contribution >= 0.6 is 11.6 Å². The standard InChI is InChI=1S/C19H18ClF2N3O2/c1-24(2)17-5-3-12(20)8-15(17)23-19(27)11-7-18(26)25(10-11)16-6-4-13(21)9-14(16)22/h3-6,8-9,11H,7,10H2,1-2H3,(H,23,27). The first kappa shape index (κ1) is 19.1. The lowest BCUT2D eigenvalue weighted by atomic mass is 10.1. The Hall–Kier alpha value is -2.67. The molecule has 2 amide bonds. The number of amides is 2. The van der Waals surface area contributed by atoms with Crippen molar-refractivity contribution in [2.75, 3.05) is 35.8 Å². The van der Waals surface area contributed by atoms with E-state index in [2.05, 4.69) is 5.32 Å². The topological polar surface area (TPSA) is 52.7 Å². The molecule has 0 spiro atoms. The molecule has 1 fully saturated rings. The van der Waals surface area contributed by atoms with Crippen molar-refractivity contribution in [2.45, 2.75) is 6.42 Å². The highest BCUT2D eigenvalue weighted by Crippen LogP contribution is 2.31. The average molecular weight is 394 g/mol. The largest absolute Gasteiger partial charge is 0.376 e. The van der Waals surface area contributed by atoms with Crippen LogP contribution in [0.1, 0.15) is 6.42 Å². The molecule has 0 aliphatic carbocycles. The van der Waals surface area contributed by atoms with E-state index in [0.717, 1.165) is 11.8 Å². The van der Waals surface area contributed by atoms with Crippen LogP contribution in [0.25, 0.3) is 0 Å². The number of hydrogen-bond acceptors (Lipinski definition) is 3. The van der Waals surface area contributed by atoms with Gasteiger partial charge in [-0.25, -0.2) is 8.78 Å². The first-order chi connectivity index (χ1) is 12.8. The Labute approximate surface area is 160 Å². The molecule has 1 heterocycles. The van der Waals surface area contributed by atoms with Gasteiger partial charge in [0.15, 0.2) is 0 Å². The van der Waals surface area contributed by atoms with Gasteiger partial charge in [0.25, 0.3) is 0 Å². The third kappa shape index (κ3) is 4.03. The van der Waals surface area contributed by atoms with E-state index in [1.165, 1.54) is 11.0 Å². The number of hydrogen-bond donors (Lipinski definition) is 1. The molecule has 1 atom stereocenters. The Kier molecular flexibility index (Phi) is 5.32. The SMILES string of the molecule is CN(C)c1ccc(Cl)cc1NC(=O)C1CC(=O)N(c2ccc(F)cc2F)C1. The summed E-state index contributed by atoms with van der Waals surface area (Å²) in [4.78, 5) is 27.9. The van der Waals surface area contributed by atoms with Crippen LogP contribution in [0.4, 0.5) is 25.8 Å². The maximum absolute atomic E-state index is 14.0. The van der Waals surface area contributed by atoms with Crippen molar-refractivity contribution in [1.29, 1.82) is 0 Å². The van der Waals surface area contributed by atoms with E-state index in [0.29, 0.717) is 16.8 Å². The van der Waals surface area contributed by atoms with Crippen molar-refractivity contribution in [3.63, 3.8) is 0 Å². The van der Waals surface area contributed by atoms with E-state index in [1.807, 2.05) is 19.0 Å². The molecule has 3 rings (SSSR count). The van der Waals surface area contributed by atoms with Gasteiger partial charge in [-0.3, -0.25) is 9.59 Å². The second-order valence-electron chi connectivity index (χ2n) is 6.55. The maximum Gasteiger partial charge on any atom is 0.229 e. The number of nitrogens with zero attached hydrogens (tertiary/aromatic N) is 2. The second-order valence-corrected chi connectivity index (χ2v) is 6.98. The highest BCUT2D eigenvalue weighted by molar-refractivity contribution is 6.31. The molecule has 27 heavy (non-hydrogen) atoms. The van der Waals surface area contributed by atoms with Crippen LogP contribution in [0, 0.1) is 17.6 Å². The Morgan fingerprint density at radius 1 is 1.22 bits per heavy atom. The molecule has 8 heteroatoms. The summed E-state index contributed by atoms with van der Waals surface area (Å²) in [5.41, 5.74) is 1.25. The third-order valence-corrected chi connectivity index (χ3v) is 4.63. The number of nitrogens with one attached hydrogen (secondary N) is 1. The number of carbonyl (C=O) groups is 2. The molecule has 0 saturated carbocycles. The zero-order valence-electron chi connectivity index (χ0n) is 14.8. The summed E-state index contributed by atoms with van der Waals surface area (Å²) >= 11 is 6.02. The smallest absolute Gasteiger partial charge is 0.229 e. The summed E-state index contributed by atoms with van der Waals surface area (Å²) in [5.74, 6) is -2.97. The minimum atomic E-state index is -0.839. The van der Waals surface area contributed by atoms with Crippen molar-refractivity contribution in [2.24, 2.45) is 5.92 Å². The zero-order valence-corrected chi connectivity index (χ0v) is 15.6. The van der Waals surface area contributed by atoms with Crippen molar-refractivity contribution in [3.8, 4) is 0 Å². The van der Waals surface area contributed by atoms with Crippen LogP contribution in [-0.4, -0.2) is 32.5 Å². The summed E-state index contributed by atoms with van der Waals surface area (Å²) in [5, 5.41) is 3.26. The highest BCUT2D eigenvalue weighted by atomic mass is 35.5. The van der Waals surface area contributed by atoms with Gasteiger partial charge in [-0.05, 0) is 30.3 Å². The first-order valence-corrected chi connectivity index (χ1v) is 8.67. The van der Waals surface area contributed by atoms with Gasteiger partial charge in [0, 0.05) is 38.1 Å². The second kappa shape index (κ2) is 7.52. The lowest BCUT2D eigenvalue weighted by molar-refractivity contribution is -0.122. The van der Waals surface area contributed by atoms with Crippen LogP contribution in [0.3, 0.4) is 0 Å². The summed E-state index contributed by atoms with van der Waals surface area (Å²) < 4.78 is 27.1. The Morgan fingerprint density at radius 2 is 1.96 bits per heavy atom. The molecule has 1 unspecified atom stereocenters. The van der Waals surface area contributed by atoms with Crippen LogP contribution in [0.2, 0.25) is 5.02 Å². The fraction of sp³-hybridized carbons (Fsp3) is 0.263. The monoisotopic (exact) mass is 393 g/mol. The van der Waals surface area contributed by atoms with Gasteiger partial charge in [-0.1, -0.05) is 11.6 Å². The lowest BCUT2D eigenvalue weighted by Gasteiger charge is -2.20. The van der Waals surface area contributed by atoms with Crippen molar-refractivity contribution in [1.82, 2.24) is 0 Å². The molecule has 2 aromatic carbocycles. The molecule has 0 bridgehead atoms. The molecule has 1 saturated heterocycles. The number of halogens is 3. The zero-order chi connectivity index (χ0) is 19.7. The van der Waals surface area contributed by atoms with E-state index in [1.54, 1.807) is 18.2 Å². The van der Waals surface area contributed by atoms with Crippen molar-refractivity contribution < 1.29 is 18.4 Å². The molecular weight excluding hydrogens is 376 g/mol. The number of rotatable bonds is 4. The minimum absolute atomic E-state index is 0.0189. The average Bonchev–Trinajstić information content (AvgIpc) is 2.96. The molecule has 142 valence electrons. The summed E-state index contributed by atoms with van der Waals surface area (Å²) in [6.45, 7) is 0.0189. The predicted octanol–water partition coefficient (Wildman–Crippen LogP) is 3.68. The number of anilines is 3. The Bertz CT molecular complexity index is 905. The highest BCUT2D eigenvalue weighted by Gasteiger charge is 2.36. The fourth-order valence-corrected chi connectivity index (χ4v) is 3.22. The summed E-state index contributed by atoms with van der Waals surface area (Å²) in [6, 6.07) is 8.11. The first-order valence-electron chi connectivity index (χ1n) is 8.29. The van der Waals surface area contributed by atoms with Crippen LogP contribution in [0.5, 0.6) is 0 Å². The van der Waals surface area contributed by atoms with E-state index in [-0.39, 0.29) is 30.5 Å². The minimum Gasteiger partial charge on any atom is -0.376 e. The van der Waals surface area contributed by atoms with Crippen LogP contribution < -0.4 is 15.1 Å². The molecule has 1 aliphatic heterocycles. The predicted molar refractivity (Wildman–Crippen MR) is 101 cm³/mol. The van der Waals surface area contributed by atoms with Crippen LogP contribution in [-0.2, 0) is 9.59 Å². The van der Waals surface area contributed by atoms with Gasteiger partial charge in [0.05, 0.1) is 23.0 Å². The number of carbonyl (C=O) groups excluding carboxylic acids is 2. The molecule has 0 radical (unpaired) electrons. The van der Waals surface area contributed by atoms with E-state index < -0.39 is 17.6 Å². The number of benzene rings is 2. The Morgan fingerprint density at radius 3 is 2.63 bits per heavy atom. The fourth-order valence-electron chi connectivity index (χ4n) is 3.05. The van der Waals surface area contributed by atoms with Gasteiger partial charge in [-0.2, -0.15) is 0 Å². The molecule has 5 nitrogen and oxygen atoms in total. The molecule has 1 aliphatic rings. The van der Waals surface area contributed by atoms with E-state index in [4.69, 9.17) is 11.6 Å². The van der Waals surface area contributed by atoms with E-state index >= 15 is 0 Å². The molecule has 0 aromatic heterocycles.